The second-order valence-corrected chi connectivity index (χ2v) is 5.04. The number of hydrogen-bond acceptors (Lipinski definition) is 4. The van der Waals surface area contributed by atoms with Gasteiger partial charge in [0.15, 0.2) is 5.82 Å². The first-order chi connectivity index (χ1) is 8.34. The normalized spacial score (nSPS) is 25.8. The Morgan fingerprint density at radius 1 is 1.24 bits per heavy atom. The van der Waals surface area contributed by atoms with E-state index in [0.29, 0.717) is 5.92 Å². The summed E-state index contributed by atoms with van der Waals surface area (Å²) < 4.78 is 7.48. The van der Waals surface area contributed by atoms with Crippen LogP contribution in [0, 0.1) is 5.92 Å². The molecule has 5 nitrogen and oxygen atoms in total. The van der Waals surface area contributed by atoms with Crippen molar-refractivity contribution in [2.45, 2.75) is 44.8 Å². The van der Waals surface area contributed by atoms with Crippen molar-refractivity contribution in [3.63, 3.8) is 0 Å². The van der Waals surface area contributed by atoms with Crippen LogP contribution >= 0.6 is 0 Å². The van der Waals surface area contributed by atoms with Gasteiger partial charge in [-0.05, 0) is 31.6 Å². The lowest BCUT2D eigenvalue weighted by molar-refractivity contribution is 0.0654. The van der Waals surface area contributed by atoms with Gasteiger partial charge in [-0.2, -0.15) is 0 Å². The van der Waals surface area contributed by atoms with E-state index >= 15 is 0 Å². The molecule has 1 unspecified atom stereocenters. The van der Waals surface area contributed by atoms with Crippen molar-refractivity contribution < 1.29 is 9.84 Å². The van der Waals surface area contributed by atoms with Crippen molar-refractivity contribution in [1.29, 1.82) is 0 Å². The van der Waals surface area contributed by atoms with E-state index in [0.717, 1.165) is 63.5 Å². The Morgan fingerprint density at radius 2 is 2.06 bits per heavy atom. The third kappa shape index (κ3) is 2.21. The van der Waals surface area contributed by atoms with Crippen molar-refractivity contribution in [2.24, 2.45) is 5.92 Å². The molecule has 1 N–H and O–H groups in total. The lowest BCUT2D eigenvalue weighted by atomic mass is 9.96. The largest absolute Gasteiger partial charge is 0.385 e. The Bertz CT molecular complexity index is 385. The molecular weight excluding hydrogens is 218 g/mol. The highest BCUT2D eigenvalue weighted by Crippen LogP contribution is 2.26. The van der Waals surface area contributed by atoms with E-state index in [1.165, 1.54) is 0 Å². The molecule has 0 saturated carbocycles. The summed E-state index contributed by atoms with van der Waals surface area (Å²) in [6, 6.07) is 0. The van der Waals surface area contributed by atoms with Crippen molar-refractivity contribution in [1.82, 2.24) is 14.8 Å². The SMILES string of the molecule is OC1CCCn2c(CC3CCOCC3)nnc21. The van der Waals surface area contributed by atoms with Crippen LogP contribution in [-0.4, -0.2) is 33.1 Å². The fraction of sp³-hybridized carbons (Fsp3) is 0.833. The second kappa shape index (κ2) is 4.74. The van der Waals surface area contributed by atoms with Crippen LogP contribution in [0.15, 0.2) is 0 Å². The molecule has 1 aromatic rings. The minimum atomic E-state index is -0.417. The molecule has 0 spiro atoms. The van der Waals surface area contributed by atoms with Crippen LogP contribution in [0.25, 0.3) is 0 Å². The van der Waals surface area contributed by atoms with Crippen molar-refractivity contribution in [3.8, 4) is 0 Å². The van der Waals surface area contributed by atoms with Crippen LogP contribution in [0.5, 0.6) is 0 Å². The van der Waals surface area contributed by atoms with E-state index in [9.17, 15) is 5.11 Å². The molecule has 5 heteroatoms. The molecule has 3 rings (SSSR count). The monoisotopic (exact) mass is 237 g/mol. The third-order valence-corrected chi connectivity index (χ3v) is 3.83. The van der Waals surface area contributed by atoms with Gasteiger partial charge in [0.25, 0.3) is 0 Å². The van der Waals surface area contributed by atoms with Gasteiger partial charge in [0.05, 0.1) is 0 Å². The number of aliphatic hydroxyl groups excluding tert-OH is 1. The number of fused-ring (bicyclic) bond motifs is 1. The average molecular weight is 237 g/mol. The van der Waals surface area contributed by atoms with Gasteiger partial charge in [-0.15, -0.1) is 10.2 Å². The smallest absolute Gasteiger partial charge is 0.161 e. The van der Waals surface area contributed by atoms with Crippen LogP contribution in [0.2, 0.25) is 0 Å². The maximum absolute atomic E-state index is 9.84. The molecule has 0 bridgehead atoms. The predicted octanol–water partition coefficient (Wildman–Crippen LogP) is 1.07. The van der Waals surface area contributed by atoms with Gasteiger partial charge in [0, 0.05) is 26.2 Å². The number of aliphatic hydroxyl groups is 1. The Morgan fingerprint density at radius 3 is 2.88 bits per heavy atom. The van der Waals surface area contributed by atoms with E-state index in [1.807, 2.05) is 0 Å². The summed E-state index contributed by atoms with van der Waals surface area (Å²) in [5.74, 6) is 2.47. The first-order valence-electron chi connectivity index (χ1n) is 6.52. The van der Waals surface area contributed by atoms with Crippen molar-refractivity contribution in [2.75, 3.05) is 13.2 Å². The Balaban J connectivity index is 1.74. The van der Waals surface area contributed by atoms with Crippen LogP contribution < -0.4 is 0 Å². The molecule has 17 heavy (non-hydrogen) atoms. The van der Waals surface area contributed by atoms with Gasteiger partial charge in [-0.1, -0.05) is 0 Å². The second-order valence-electron chi connectivity index (χ2n) is 5.04. The van der Waals surface area contributed by atoms with Gasteiger partial charge < -0.3 is 14.4 Å². The zero-order valence-corrected chi connectivity index (χ0v) is 10.0. The highest BCUT2D eigenvalue weighted by molar-refractivity contribution is 5.02. The minimum absolute atomic E-state index is 0.417. The van der Waals surface area contributed by atoms with Gasteiger partial charge in [0.1, 0.15) is 11.9 Å². The fourth-order valence-electron chi connectivity index (χ4n) is 2.77. The summed E-state index contributed by atoms with van der Waals surface area (Å²) in [4.78, 5) is 0. The maximum atomic E-state index is 9.84. The molecule has 2 aliphatic heterocycles. The topological polar surface area (TPSA) is 60.2 Å². The summed E-state index contributed by atoms with van der Waals surface area (Å²) in [5, 5.41) is 18.2. The number of rotatable bonds is 2. The first kappa shape index (κ1) is 11.2. The zero-order valence-electron chi connectivity index (χ0n) is 10.0. The maximum Gasteiger partial charge on any atom is 0.161 e. The van der Waals surface area contributed by atoms with E-state index in [1.54, 1.807) is 0 Å². The first-order valence-corrected chi connectivity index (χ1v) is 6.52. The van der Waals surface area contributed by atoms with E-state index in [2.05, 4.69) is 14.8 Å². The summed E-state index contributed by atoms with van der Waals surface area (Å²) in [6.45, 7) is 2.69. The van der Waals surface area contributed by atoms with E-state index < -0.39 is 6.10 Å². The molecule has 2 aliphatic rings. The molecule has 3 heterocycles. The van der Waals surface area contributed by atoms with Gasteiger partial charge in [-0.25, -0.2) is 0 Å². The summed E-state index contributed by atoms with van der Waals surface area (Å²) in [7, 11) is 0. The summed E-state index contributed by atoms with van der Waals surface area (Å²) in [5.41, 5.74) is 0. The van der Waals surface area contributed by atoms with Crippen LogP contribution in [-0.2, 0) is 17.7 Å². The van der Waals surface area contributed by atoms with Gasteiger partial charge in [-0.3, -0.25) is 0 Å². The molecule has 0 aliphatic carbocycles. The van der Waals surface area contributed by atoms with Crippen LogP contribution in [0.3, 0.4) is 0 Å². The lowest BCUT2D eigenvalue weighted by Gasteiger charge is -2.23. The van der Waals surface area contributed by atoms with E-state index in [-0.39, 0.29) is 0 Å². The standard InChI is InChI=1S/C12H19N3O2/c16-10-2-1-5-15-11(13-14-12(10)15)8-9-3-6-17-7-4-9/h9-10,16H,1-8H2. The van der Waals surface area contributed by atoms with E-state index in [4.69, 9.17) is 4.74 Å². The van der Waals surface area contributed by atoms with Crippen LogP contribution in [0.1, 0.15) is 43.4 Å². The molecule has 0 aromatic carbocycles. The number of nitrogens with zero attached hydrogens (tertiary/aromatic N) is 3. The summed E-state index contributed by atoms with van der Waals surface area (Å²) >= 11 is 0. The molecule has 1 saturated heterocycles. The molecule has 1 aromatic heterocycles. The number of ether oxygens (including phenoxy) is 1. The Labute approximate surface area is 101 Å². The molecule has 0 radical (unpaired) electrons. The Kier molecular flexibility index (Phi) is 3.11. The molecular formula is C12H19N3O2. The van der Waals surface area contributed by atoms with Crippen molar-refractivity contribution in [3.05, 3.63) is 11.6 Å². The molecule has 1 atom stereocenters. The minimum Gasteiger partial charge on any atom is -0.385 e. The van der Waals surface area contributed by atoms with Crippen LogP contribution in [0.4, 0.5) is 0 Å². The zero-order chi connectivity index (χ0) is 11.7. The molecule has 1 fully saturated rings. The highest BCUT2D eigenvalue weighted by atomic mass is 16.5. The Hall–Kier alpha value is -0.940. The number of hydrogen-bond donors (Lipinski definition) is 1. The lowest BCUT2D eigenvalue weighted by Crippen LogP contribution is -2.22. The number of aromatic nitrogens is 3. The predicted molar refractivity (Wildman–Crippen MR) is 61.5 cm³/mol. The third-order valence-electron chi connectivity index (χ3n) is 3.83. The summed E-state index contributed by atoms with van der Waals surface area (Å²) in [6.07, 6.45) is 4.63. The quantitative estimate of drug-likeness (QED) is 0.836. The fourth-order valence-corrected chi connectivity index (χ4v) is 2.77. The van der Waals surface area contributed by atoms with Gasteiger partial charge >= 0.3 is 0 Å². The van der Waals surface area contributed by atoms with Gasteiger partial charge in [0.2, 0.25) is 0 Å². The van der Waals surface area contributed by atoms with Crippen molar-refractivity contribution >= 4 is 0 Å². The molecule has 0 amide bonds. The molecule has 94 valence electrons. The highest BCUT2D eigenvalue weighted by Gasteiger charge is 2.25. The average Bonchev–Trinajstić information content (AvgIpc) is 2.76.